The first-order chi connectivity index (χ1) is 23.8. The highest BCUT2D eigenvalue weighted by Crippen LogP contribution is 2.43. The monoisotopic (exact) mass is 629 g/mol. The fourth-order valence-corrected chi connectivity index (χ4v) is 9.10. The molecular weight excluding hydrogens is 603 g/mol. The molecule has 7 aromatic carbocycles. The van der Waals surface area contributed by atoms with Crippen LogP contribution in [0.2, 0.25) is 0 Å². The number of hydrogen-bond donors (Lipinski definition) is 0. The van der Waals surface area contributed by atoms with E-state index in [9.17, 15) is 0 Å². The first kappa shape index (κ1) is 26.0. The maximum Gasteiger partial charge on any atom is 0.0635 e. The predicted molar refractivity (Wildman–Crippen MR) is 205 cm³/mol. The van der Waals surface area contributed by atoms with Crippen molar-refractivity contribution >= 4 is 86.0 Å². The number of fused-ring (bicyclic) bond motifs is 11. The lowest BCUT2D eigenvalue weighted by Gasteiger charge is -2.11. The van der Waals surface area contributed by atoms with Crippen molar-refractivity contribution < 1.29 is 0 Å². The molecule has 0 saturated carbocycles. The van der Waals surface area contributed by atoms with Crippen LogP contribution in [0.15, 0.2) is 164 Å². The van der Waals surface area contributed by atoms with Crippen LogP contribution in [0.1, 0.15) is 0 Å². The fraction of sp³-hybridized carbons (Fsp3) is 0. The number of rotatable bonds is 3. The van der Waals surface area contributed by atoms with E-state index in [4.69, 9.17) is 0 Å². The summed E-state index contributed by atoms with van der Waals surface area (Å²) in [7, 11) is 0. The molecule has 0 aliphatic rings. The van der Waals surface area contributed by atoms with Gasteiger partial charge in [-0.2, -0.15) is 0 Å². The summed E-state index contributed by atoms with van der Waals surface area (Å²) in [5, 5.41) is 8.93. The van der Waals surface area contributed by atoms with Gasteiger partial charge in [0, 0.05) is 70.4 Å². The van der Waals surface area contributed by atoms with Gasteiger partial charge < -0.3 is 13.7 Å². The number of para-hydroxylation sites is 3. The minimum absolute atomic E-state index is 1.16. The third-order valence-corrected chi connectivity index (χ3v) is 11.2. The Bertz CT molecular complexity index is 3050. The number of aromatic nitrogens is 3. The number of hydrogen-bond acceptors (Lipinski definition) is 1. The Labute approximate surface area is 279 Å². The highest BCUT2D eigenvalue weighted by molar-refractivity contribution is 7.25. The van der Waals surface area contributed by atoms with E-state index in [0.29, 0.717) is 0 Å². The lowest BCUT2D eigenvalue weighted by atomic mass is 10.1. The van der Waals surface area contributed by atoms with Crippen LogP contribution in [0.3, 0.4) is 0 Å². The van der Waals surface area contributed by atoms with Crippen molar-refractivity contribution in [3.8, 4) is 17.1 Å². The summed E-state index contributed by atoms with van der Waals surface area (Å²) in [4.78, 5) is 0. The fourth-order valence-electron chi connectivity index (χ4n) is 7.98. The summed E-state index contributed by atoms with van der Waals surface area (Å²) in [6, 6.07) is 57.7. The summed E-state index contributed by atoms with van der Waals surface area (Å²) in [5.41, 5.74) is 9.59. The number of thiophene rings is 1. The van der Waals surface area contributed by atoms with Gasteiger partial charge in [0.2, 0.25) is 0 Å². The van der Waals surface area contributed by atoms with E-state index in [-0.39, 0.29) is 0 Å². The van der Waals surface area contributed by atoms with Gasteiger partial charge >= 0.3 is 0 Å². The van der Waals surface area contributed by atoms with Crippen molar-refractivity contribution in [2.75, 3.05) is 0 Å². The highest BCUT2D eigenvalue weighted by atomic mass is 32.1. The zero-order valence-electron chi connectivity index (χ0n) is 25.8. The van der Waals surface area contributed by atoms with Crippen molar-refractivity contribution in [3.05, 3.63) is 164 Å². The standard InChI is InChI=1S/C44H27N3S/c1-3-11-28(12-4-1)45-24-23-34-38(45)22-20-33-36-27-43-37(32-16-8-10-18-42(32)48-43)26-41(36)47(44(33)34)30-19-21-40-35(25-30)31-15-7-9-17-39(31)46(40)29-13-5-2-6-14-29/h1-27H. The van der Waals surface area contributed by atoms with Crippen molar-refractivity contribution in [1.82, 2.24) is 13.7 Å². The molecule has 3 nitrogen and oxygen atoms in total. The second kappa shape index (κ2) is 9.71. The van der Waals surface area contributed by atoms with E-state index in [1.54, 1.807) is 0 Å². The molecule has 11 aromatic rings. The van der Waals surface area contributed by atoms with E-state index in [1.807, 2.05) is 11.3 Å². The zero-order valence-corrected chi connectivity index (χ0v) is 26.7. The molecular formula is C44H27N3S. The van der Waals surface area contributed by atoms with Crippen LogP contribution >= 0.6 is 11.3 Å². The Morgan fingerprint density at radius 1 is 0.333 bits per heavy atom. The van der Waals surface area contributed by atoms with Gasteiger partial charge in [-0.3, -0.25) is 0 Å². The Balaban J connectivity index is 1.28. The van der Waals surface area contributed by atoms with Crippen LogP contribution in [0.5, 0.6) is 0 Å². The minimum atomic E-state index is 1.16. The summed E-state index contributed by atoms with van der Waals surface area (Å²) in [6.07, 6.45) is 2.21. The molecule has 48 heavy (non-hydrogen) atoms. The molecule has 0 unspecified atom stereocenters. The molecule has 0 radical (unpaired) electrons. The van der Waals surface area contributed by atoms with Crippen molar-refractivity contribution in [2.24, 2.45) is 0 Å². The molecule has 0 atom stereocenters. The molecule has 0 saturated heterocycles. The molecule has 0 N–H and O–H groups in total. The Kier molecular flexibility index (Phi) is 5.26. The van der Waals surface area contributed by atoms with Gasteiger partial charge in [0.05, 0.1) is 27.6 Å². The number of benzene rings is 7. The van der Waals surface area contributed by atoms with Gasteiger partial charge in [-0.05, 0) is 78.9 Å². The SMILES string of the molecule is c1ccc(-n2ccc3c2ccc2c4cc5sc6ccccc6c5cc4n(-c4ccc5c(c4)c4ccccc4n5-c4ccccc4)c23)cc1. The molecule has 4 heterocycles. The van der Waals surface area contributed by atoms with E-state index in [0.717, 1.165) is 11.4 Å². The molecule has 0 aliphatic heterocycles. The highest BCUT2D eigenvalue weighted by Gasteiger charge is 2.20. The Hall–Kier alpha value is -6.10. The second-order valence-electron chi connectivity index (χ2n) is 12.6. The van der Waals surface area contributed by atoms with Gasteiger partial charge in [0.25, 0.3) is 0 Å². The first-order valence-corrected chi connectivity index (χ1v) is 17.2. The van der Waals surface area contributed by atoms with Crippen LogP contribution < -0.4 is 0 Å². The maximum absolute atomic E-state index is 2.52. The van der Waals surface area contributed by atoms with Gasteiger partial charge in [-0.25, -0.2) is 0 Å². The van der Waals surface area contributed by atoms with E-state index in [1.165, 1.54) is 80.4 Å². The van der Waals surface area contributed by atoms with Gasteiger partial charge in [0.1, 0.15) is 0 Å². The topological polar surface area (TPSA) is 14.8 Å². The van der Waals surface area contributed by atoms with Crippen LogP contribution in [0.25, 0.3) is 91.7 Å². The van der Waals surface area contributed by atoms with Crippen LogP contribution in [0.4, 0.5) is 0 Å². The van der Waals surface area contributed by atoms with Crippen molar-refractivity contribution in [3.63, 3.8) is 0 Å². The molecule has 4 aromatic heterocycles. The molecule has 11 rings (SSSR count). The smallest absolute Gasteiger partial charge is 0.0635 e. The van der Waals surface area contributed by atoms with Crippen LogP contribution in [0, 0.1) is 0 Å². The minimum Gasteiger partial charge on any atom is -0.316 e. The molecule has 0 bridgehead atoms. The first-order valence-electron chi connectivity index (χ1n) is 16.4. The molecule has 0 amide bonds. The third kappa shape index (κ3) is 3.52. The molecule has 0 aliphatic carbocycles. The van der Waals surface area contributed by atoms with E-state index in [2.05, 4.69) is 178 Å². The molecule has 224 valence electrons. The zero-order chi connectivity index (χ0) is 31.3. The molecule has 0 spiro atoms. The molecule has 4 heteroatoms. The van der Waals surface area contributed by atoms with E-state index < -0.39 is 0 Å². The lowest BCUT2D eigenvalue weighted by molar-refractivity contribution is 1.13. The quantitative estimate of drug-likeness (QED) is 0.185. The summed E-state index contributed by atoms with van der Waals surface area (Å²) >= 11 is 1.88. The summed E-state index contributed by atoms with van der Waals surface area (Å²) < 4.78 is 9.86. The lowest BCUT2D eigenvalue weighted by Crippen LogP contribution is -1.96. The maximum atomic E-state index is 2.52. The normalized spacial score (nSPS) is 12.2. The summed E-state index contributed by atoms with van der Waals surface area (Å²) in [5.74, 6) is 0. The predicted octanol–water partition coefficient (Wildman–Crippen LogP) is 12.2. The average molecular weight is 630 g/mol. The Morgan fingerprint density at radius 3 is 1.88 bits per heavy atom. The average Bonchev–Trinajstić information content (AvgIpc) is 3.90. The second-order valence-corrected chi connectivity index (χ2v) is 13.7. The molecule has 0 fully saturated rings. The largest absolute Gasteiger partial charge is 0.316 e. The third-order valence-electron chi connectivity index (χ3n) is 10.1. The van der Waals surface area contributed by atoms with Crippen LogP contribution in [-0.4, -0.2) is 13.7 Å². The van der Waals surface area contributed by atoms with Gasteiger partial charge in [-0.15, -0.1) is 11.3 Å². The van der Waals surface area contributed by atoms with Gasteiger partial charge in [-0.1, -0.05) is 78.9 Å². The van der Waals surface area contributed by atoms with Crippen LogP contribution in [-0.2, 0) is 0 Å². The van der Waals surface area contributed by atoms with Crippen molar-refractivity contribution in [2.45, 2.75) is 0 Å². The van der Waals surface area contributed by atoms with Gasteiger partial charge in [0.15, 0.2) is 0 Å². The van der Waals surface area contributed by atoms with Crippen molar-refractivity contribution in [1.29, 1.82) is 0 Å². The summed E-state index contributed by atoms with van der Waals surface area (Å²) in [6.45, 7) is 0. The Morgan fingerprint density at radius 2 is 1.02 bits per heavy atom. The van der Waals surface area contributed by atoms with E-state index >= 15 is 0 Å². The number of nitrogens with zero attached hydrogens (tertiary/aromatic N) is 3.